The zero-order valence-corrected chi connectivity index (χ0v) is 6.18. The minimum atomic E-state index is 0.681. The number of rotatable bonds is 2. The predicted octanol–water partition coefficient (Wildman–Crippen LogP) is -0.127. The van der Waals surface area contributed by atoms with Crippen LogP contribution in [0.25, 0.3) is 0 Å². The van der Waals surface area contributed by atoms with E-state index >= 15 is 0 Å². The summed E-state index contributed by atoms with van der Waals surface area (Å²) in [5, 5.41) is 5.85. The van der Waals surface area contributed by atoms with Crippen LogP contribution in [0.3, 0.4) is 0 Å². The van der Waals surface area contributed by atoms with Gasteiger partial charge >= 0.3 is 0 Å². The molecule has 0 amide bonds. The summed E-state index contributed by atoms with van der Waals surface area (Å²) in [6.45, 7) is 2.49. The van der Waals surface area contributed by atoms with Gasteiger partial charge in [-0.05, 0) is 6.42 Å². The Hall–Kier alpha value is -0.940. The number of nitrogens with zero attached hydrogens (tertiary/aromatic N) is 4. The van der Waals surface area contributed by atoms with Gasteiger partial charge in [0.2, 0.25) is 0 Å². The highest BCUT2D eigenvalue weighted by molar-refractivity contribution is 4.56. The van der Waals surface area contributed by atoms with Crippen molar-refractivity contribution in [1.29, 1.82) is 0 Å². The largest absolute Gasteiger partial charge is 0.297 e. The highest BCUT2D eigenvalue weighted by Gasteiger charge is 2.12. The molecule has 1 aromatic rings. The van der Waals surface area contributed by atoms with E-state index in [4.69, 9.17) is 4.84 Å². The van der Waals surface area contributed by atoms with E-state index in [1.807, 2.05) is 5.06 Å². The summed E-state index contributed by atoms with van der Waals surface area (Å²) in [6, 6.07) is 0. The molecule has 0 saturated carbocycles. The van der Waals surface area contributed by atoms with Gasteiger partial charge in [0.1, 0.15) is 19.3 Å². The Kier molecular flexibility index (Phi) is 1.83. The fourth-order valence-electron chi connectivity index (χ4n) is 1.08. The lowest BCUT2D eigenvalue weighted by Gasteiger charge is -2.11. The highest BCUT2D eigenvalue weighted by atomic mass is 16.7. The van der Waals surface area contributed by atoms with Gasteiger partial charge in [0.25, 0.3) is 0 Å². The Morgan fingerprint density at radius 3 is 3.18 bits per heavy atom. The van der Waals surface area contributed by atoms with Crippen LogP contribution >= 0.6 is 0 Å². The van der Waals surface area contributed by atoms with Crippen LogP contribution in [0.2, 0.25) is 0 Å². The van der Waals surface area contributed by atoms with Crippen LogP contribution in [0, 0.1) is 0 Å². The average molecular weight is 154 g/mol. The van der Waals surface area contributed by atoms with Crippen molar-refractivity contribution >= 4 is 0 Å². The Morgan fingerprint density at radius 1 is 1.55 bits per heavy atom. The molecule has 1 saturated heterocycles. The van der Waals surface area contributed by atoms with Crippen molar-refractivity contribution in [2.45, 2.75) is 13.1 Å². The Morgan fingerprint density at radius 2 is 2.55 bits per heavy atom. The van der Waals surface area contributed by atoms with E-state index in [0.29, 0.717) is 6.67 Å². The van der Waals surface area contributed by atoms with Crippen molar-refractivity contribution < 1.29 is 4.84 Å². The summed E-state index contributed by atoms with van der Waals surface area (Å²) in [4.78, 5) is 9.10. The second-order valence-corrected chi connectivity index (χ2v) is 2.47. The predicted molar refractivity (Wildman–Crippen MR) is 37.3 cm³/mol. The van der Waals surface area contributed by atoms with Crippen molar-refractivity contribution in [1.82, 2.24) is 19.8 Å². The van der Waals surface area contributed by atoms with Crippen molar-refractivity contribution in [2.24, 2.45) is 0 Å². The van der Waals surface area contributed by atoms with Crippen LogP contribution in [0.5, 0.6) is 0 Å². The third kappa shape index (κ3) is 1.55. The lowest BCUT2D eigenvalue weighted by Crippen LogP contribution is -2.21. The van der Waals surface area contributed by atoms with Crippen LogP contribution in [-0.4, -0.2) is 33.0 Å². The standard InChI is InChI=1S/C6H10N4O/c1-2-10(11-3-1)6-9-5-7-4-8-9/h4-5H,1-3,6H2. The van der Waals surface area contributed by atoms with Gasteiger partial charge in [-0.3, -0.25) is 4.84 Å². The first-order valence-electron chi connectivity index (χ1n) is 3.65. The maximum absolute atomic E-state index is 5.27. The molecule has 0 spiro atoms. The molecule has 2 rings (SSSR count). The van der Waals surface area contributed by atoms with Crippen molar-refractivity contribution in [3.63, 3.8) is 0 Å². The molecular weight excluding hydrogens is 144 g/mol. The van der Waals surface area contributed by atoms with E-state index in [9.17, 15) is 0 Å². The summed E-state index contributed by atoms with van der Waals surface area (Å²) in [7, 11) is 0. The van der Waals surface area contributed by atoms with E-state index in [-0.39, 0.29) is 0 Å². The molecule has 60 valence electrons. The van der Waals surface area contributed by atoms with Crippen molar-refractivity contribution in [2.75, 3.05) is 13.2 Å². The van der Waals surface area contributed by atoms with Crippen molar-refractivity contribution in [3.8, 4) is 0 Å². The van der Waals surface area contributed by atoms with Gasteiger partial charge in [0.05, 0.1) is 6.61 Å². The van der Waals surface area contributed by atoms with Gasteiger partial charge in [-0.25, -0.2) is 9.67 Å². The summed E-state index contributed by atoms with van der Waals surface area (Å²) in [5.41, 5.74) is 0. The maximum Gasteiger partial charge on any atom is 0.137 e. The van der Waals surface area contributed by atoms with Crippen LogP contribution in [0.4, 0.5) is 0 Å². The van der Waals surface area contributed by atoms with Gasteiger partial charge in [0, 0.05) is 6.54 Å². The Balaban J connectivity index is 1.90. The van der Waals surface area contributed by atoms with Gasteiger partial charge in [0.15, 0.2) is 0 Å². The molecule has 11 heavy (non-hydrogen) atoms. The van der Waals surface area contributed by atoms with Gasteiger partial charge in [-0.2, -0.15) is 10.2 Å². The fraction of sp³-hybridized carbons (Fsp3) is 0.667. The molecule has 0 unspecified atom stereocenters. The summed E-state index contributed by atoms with van der Waals surface area (Å²) < 4.78 is 1.74. The van der Waals surface area contributed by atoms with Gasteiger partial charge in [-0.1, -0.05) is 0 Å². The smallest absolute Gasteiger partial charge is 0.137 e. The van der Waals surface area contributed by atoms with Crippen molar-refractivity contribution in [3.05, 3.63) is 12.7 Å². The third-order valence-electron chi connectivity index (χ3n) is 1.59. The molecule has 1 aliphatic heterocycles. The molecular formula is C6H10N4O. The SMILES string of the molecule is c1ncn(CN2CCCO2)n1. The molecule has 2 heterocycles. The lowest BCUT2D eigenvalue weighted by molar-refractivity contribution is -0.134. The number of hydrogen-bond donors (Lipinski definition) is 0. The first-order valence-corrected chi connectivity index (χ1v) is 3.65. The fourth-order valence-corrected chi connectivity index (χ4v) is 1.08. The number of hydroxylamine groups is 2. The lowest BCUT2D eigenvalue weighted by atomic mass is 10.5. The molecule has 0 atom stereocenters. The molecule has 5 heteroatoms. The minimum Gasteiger partial charge on any atom is -0.297 e. The molecule has 0 radical (unpaired) electrons. The quantitative estimate of drug-likeness (QED) is 0.595. The third-order valence-corrected chi connectivity index (χ3v) is 1.59. The maximum atomic E-state index is 5.27. The highest BCUT2D eigenvalue weighted by Crippen LogP contribution is 2.04. The summed E-state index contributed by atoms with van der Waals surface area (Å²) in [6.07, 6.45) is 4.31. The Bertz CT molecular complexity index is 204. The van der Waals surface area contributed by atoms with E-state index in [2.05, 4.69) is 10.1 Å². The van der Waals surface area contributed by atoms with Gasteiger partial charge < -0.3 is 0 Å². The second-order valence-electron chi connectivity index (χ2n) is 2.47. The normalized spacial score (nSPS) is 19.3. The van der Waals surface area contributed by atoms with E-state index < -0.39 is 0 Å². The molecule has 0 aliphatic carbocycles. The van der Waals surface area contributed by atoms with E-state index in [1.54, 1.807) is 11.0 Å². The number of hydrogen-bond acceptors (Lipinski definition) is 4. The monoisotopic (exact) mass is 154 g/mol. The molecule has 0 aromatic carbocycles. The average Bonchev–Trinajstić information content (AvgIpc) is 2.60. The zero-order valence-electron chi connectivity index (χ0n) is 6.18. The van der Waals surface area contributed by atoms with E-state index in [1.165, 1.54) is 6.33 Å². The zero-order chi connectivity index (χ0) is 7.52. The topological polar surface area (TPSA) is 43.2 Å². The Labute approximate surface area is 64.5 Å². The molecule has 1 aromatic heterocycles. The van der Waals surface area contributed by atoms with Crippen LogP contribution in [0.15, 0.2) is 12.7 Å². The first-order chi connectivity index (χ1) is 5.45. The van der Waals surface area contributed by atoms with Crippen LogP contribution < -0.4 is 0 Å². The molecule has 5 nitrogen and oxygen atoms in total. The minimum absolute atomic E-state index is 0.681. The molecule has 1 aliphatic rings. The second kappa shape index (κ2) is 2.98. The number of aromatic nitrogens is 3. The van der Waals surface area contributed by atoms with Gasteiger partial charge in [-0.15, -0.1) is 0 Å². The molecule has 0 N–H and O–H groups in total. The molecule has 1 fully saturated rings. The molecule has 0 bridgehead atoms. The summed E-state index contributed by atoms with van der Waals surface area (Å²) in [5.74, 6) is 0. The van der Waals surface area contributed by atoms with E-state index in [0.717, 1.165) is 19.6 Å². The first kappa shape index (κ1) is 6.75. The van der Waals surface area contributed by atoms with Crippen LogP contribution in [0.1, 0.15) is 6.42 Å². The summed E-state index contributed by atoms with van der Waals surface area (Å²) >= 11 is 0. The van der Waals surface area contributed by atoms with Crippen LogP contribution in [-0.2, 0) is 11.5 Å².